The van der Waals surface area contributed by atoms with Crippen LogP contribution in [-0.2, 0) is 18.4 Å². The van der Waals surface area contributed by atoms with Gasteiger partial charge in [-0.3, -0.25) is 0 Å². The third kappa shape index (κ3) is 5.69. The maximum Gasteiger partial charge on any atom is -1.00 e. The van der Waals surface area contributed by atoms with Crippen molar-refractivity contribution in [2.75, 3.05) is 0 Å². The summed E-state index contributed by atoms with van der Waals surface area (Å²) in [6.07, 6.45) is 0. The van der Waals surface area contributed by atoms with E-state index in [1.807, 2.05) is 36.4 Å². The first kappa shape index (κ1) is 27.2. The molecule has 0 unspecified atom stereocenters. The minimum absolute atomic E-state index is 0. The molecule has 3 rings (SSSR count). The Bertz CT molecular complexity index is 949. The summed E-state index contributed by atoms with van der Waals surface area (Å²) in [5, 5.41) is 0. The van der Waals surface area contributed by atoms with Crippen LogP contribution in [-0.4, -0.2) is 11.8 Å². The van der Waals surface area contributed by atoms with Crippen molar-refractivity contribution in [2.45, 2.75) is 34.6 Å². The molecule has 163 valence electrons. The Morgan fingerprint density at radius 1 is 0.710 bits per heavy atom. The molecule has 31 heavy (non-hydrogen) atoms. The smallest absolute Gasteiger partial charge is 1.00 e. The van der Waals surface area contributed by atoms with Gasteiger partial charge in [-0.05, 0) is 0 Å². The van der Waals surface area contributed by atoms with Gasteiger partial charge in [0.25, 0.3) is 0 Å². The molecule has 4 nitrogen and oxygen atoms in total. The number of hydrogen-bond donors (Lipinski definition) is 2. The minimum atomic E-state index is -2.71. The SMILES string of the molecule is CC1=C(C)C(C)(C)[C]([Ti+2]([NH]C(=O)c2ccccc2)[NH]C(=O)c2ccccc2)=C1C.[Cl-].[Cl-]. The number of rotatable bonds is 5. The minimum Gasteiger partial charge on any atom is -1.00 e. The summed E-state index contributed by atoms with van der Waals surface area (Å²) in [7, 11) is 0. The van der Waals surface area contributed by atoms with E-state index in [9.17, 15) is 9.59 Å². The van der Waals surface area contributed by atoms with E-state index in [1.54, 1.807) is 24.3 Å². The largest absolute Gasteiger partial charge is 1.00 e. The first-order valence-corrected chi connectivity index (χ1v) is 12.1. The van der Waals surface area contributed by atoms with Gasteiger partial charge in [0.15, 0.2) is 0 Å². The van der Waals surface area contributed by atoms with Gasteiger partial charge in [0.1, 0.15) is 0 Å². The number of allylic oxidation sites excluding steroid dienone is 4. The summed E-state index contributed by atoms with van der Waals surface area (Å²) >= 11 is -2.71. The van der Waals surface area contributed by atoms with E-state index in [0.717, 1.165) is 0 Å². The second kappa shape index (κ2) is 11.1. The predicted molar refractivity (Wildman–Crippen MR) is 113 cm³/mol. The summed E-state index contributed by atoms with van der Waals surface area (Å²) in [6.45, 7) is 10.7. The first-order chi connectivity index (χ1) is 13.7. The van der Waals surface area contributed by atoms with Crippen LogP contribution in [0, 0.1) is 5.41 Å². The summed E-state index contributed by atoms with van der Waals surface area (Å²) < 4.78 is 7.61. The fourth-order valence-electron chi connectivity index (χ4n) is 3.80. The fourth-order valence-corrected chi connectivity index (χ4v) is 7.60. The molecule has 2 aromatic rings. The van der Waals surface area contributed by atoms with Gasteiger partial charge >= 0.3 is 180 Å². The number of nitrogens with one attached hydrogen (secondary N) is 2. The molecule has 0 atom stereocenters. The van der Waals surface area contributed by atoms with Gasteiger partial charge in [-0.1, -0.05) is 0 Å². The summed E-state index contributed by atoms with van der Waals surface area (Å²) in [5.41, 5.74) is 4.72. The number of carbonyl (C=O) groups is 2. The van der Waals surface area contributed by atoms with Gasteiger partial charge in [0, 0.05) is 0 Å². The van der Waals surface area contributed by atoms with Crippen LogP contribution in [0.5, 0.6) is 0 Å². The van der Waals surface area contributed by atoms with Crippen LogP contribution in [0.15, 0.2) is 81.3 Å². The molecule has 2 N–H and O–H groups in total. The van der Waals surface area contributed by atoms with Gasteiger partial charge < -0.3 is 24.8 Å². The average molecular weight is 494 g/mol. The van der Waals surface area contributed by atoms with Crippen molar-refractivity contribution < 1.29 is 52.8 Å². The van der Waals surface area contributed by atoms with E-state index in [2.05, 4.69) is 42.2 Å². The van der Waals surface area contributed by atoms with Crippen molar-refractivity contribution in [3.05, 3.63) is 92.4 Å². The van der Waals surface area contributed by atoms with E-state index >= 15 is 0 Å². The van der Waals surface area contributed by atoms with Crippen molar-refractivity contribution in [3.8, 4) is 0 Å². The molecule has 2 amide bonds. The topological polar surface area (TPSA) is 58.2 Å². The quantitative estimate of drug-likeness (QED) is 0.522. The molecule has 7 heteroatoms. The van der Waals surface area contributed by atoms with Gasteiger partial charge in [-0.15, -0.1) is 0 Å². The Kier molecular flexibility index (Phi) is 9.78. The molecular weight excluding hydrogens is 467 g/mol. The molecule has 1 aliphatic rings. The molecule has 0 fully saturated rings. The molecule has 0 spiro atoms. The van der Waals surface area contributed by atoms with Crippen molar-refractivity contribution >= 4 is 11.8 Å². The van der Waals surface area contributed by atoms with Gasteiger partial charge in [-0.25, -0.2) is 0 Å². The van der Waals surface area contributed by atoms with Crippen LogP contribution >= 0.6 is 0 Å². The van der Waals surface area contributed by atoms with Gasteiger partial charge in [-0.2, -0.15) is 0 Å². The molecule has 0 bridgehead atoms. The second-order valence-corrected chi connectivity index (χ2v) is 10.6. The Balaban J connectivity index is 0.00000240. The number of carbonyl (C=O) groups excluding carboxylic acids is 2. The van der Waals surface area contributed by atoms with Crippen molar-refractivity contribution in [3.63, 3.8) is 0 Å². The fraction of sp³-hybridized carbons (Fsp3) is 0.250. The molecule has 0 radical (unpaired) electrons. The van der Waals surface area contributed by atoms with Crippen LogP contribution in [0.3, 0.4) is 0 Å². The zero-order valence-corrected chi connectivity index (χ0v) is 21.4. The van der Waals surface area contributed by atoms with Crippen LogP contribution in [0.1, 0.15) is 55.3 Å². The monoisotopic (exact) mass is 493 g/mol. The Morgan fingerprint density at radius 3 is 1.42 bits per heavy atom. The molecule has 1 aliphatic carbocycles. The number of amides is 2. The zero-order chi connectivity index (χ0) is 21.2. The third-order valence-electron chi connectivity index (χ3n) is 5.86. The first-order valence-electron chi connectivity index (χ1n) is 9.73. The number of halogens is 2. The molecule has 0 heterocycles. The van der Waals surface area contributed by atoms with E-state index in [-0.39, 0.29) is 42.0 Å². The van der Waals surface area contributed by atoms with Crippen molar-refractivity contribution in [2.24, 2.45) is 5.41 Å². The molecule has 2 aromatic carbocycles. The summed E-state index contributed by atoms with van der Waals surface area (Å²) in [6, 6.07) is 18.3. The van der Waals surface area contributed by atoms with Crippen LogP contribution in [0.2, 0.25) is 0 Å². The Morgan fingerprint density at radius 2 is 1.10 bits per heavy atom. The van der Waals surface area contributed by atoms with E-state index in [0.29, 0.717) is 11.1 Å². The second-order valence-electron chi connectivity index (χ2n) is 7.89. The van der Waals surface area contributed by atoms with E-state index in [1.165, 1.54) is 20.6 Å². The van der Waals surface area contributed by atoms with Crippen LogP contribution in [0.25, 0.3) is 0 Å². The van der Waals surface area contributed by atoms with Gasteiger partial charge in [0.2, 0.25) is 0 Å². The Labute approximate surface area is 203 Å². The van der Waals surface area contributed by atoms with Crippen LogP contribution in [0.4, 0.5) is 0 Å². The standard InChI is InChI=1S/C10H15.2C7H7NO.2ClH.Ti/c1-7-6-10(4,5)9(3)8(7)2;2*8-7(9)6-4-2-1-3-5-6;;;/h1-5H3;2*1-5H,(H2,8,9);2*1H;/q;;;;;+4/p-4. The zero-order valence-electron chi connectivity index (χ0n) is 18.3. The molecular formula is C24H27Cl2N2O2Ti. The number of hydrogen-bond acceptors (Lipinski definition) is 2. The summed E-state index contributed by atoms with van der Waals surface area (Å²) in [5.74, 6) is -0.292. The van der Waals surface area contributed by atoms with Crippen molar-refractivity contribution in [1.29, 1.82) is 0 Å². The van der Waals surface area contributed by atoms with Crippen molar-refractivity contribution in [1.82, 2.24) is 7.60 Å². The number of benzene rings is 2. The van der Waals surface area contributed by atoms with E-state index < -0.39 is 18.4 Å². The van der Waals surface area contributed by atoms with Gasteiger partial charge in [0.05, 0.1) is 0 Å². The maximum absolute atomic E-state index is 13.0. The third-order valence-corrected chi connectivity index (χ3v) is 9.69. The molecule has 0 saturated heterocycles. The molecule has 0 aliphatic heterocycles. The maximum atomic E-state index is 13.0. The molecule has 0 aromatic heterocycles. The predicted octanol–water partition coefficient (Wildman–Crippen LogP) is -1.05. The average Bonchev–Trinajstić information content (AvgIpc) is 2.87. The Hall–Kier alpha value is -1.85. The molecule has 0 saturated carbocycles. The summed E-state index contributed by atoms with van der Waals surface area (Å²) in [4.78, 5) is 25.9. The van der Waals surface area contributed by atoms with E-state index in [4.69, 9.17) is 0 Å². The normalized spacial score (nSPS) is 14.4. The van der Waals surface area contributed by atoms with Crippen LogP contribution < -0.4 is 32.4 Å².